The van der Waals surface area contributed by atoms with Gasteiger partial charge < -0.3 is 10.1 Å². The first-order valence-corrected chi connectivity index (χ1v) is 7.28. The summed E-state index contributed by atoms with van der Waals surface area (Å²) in [6, 6.07) is 7.24. The van der Waals surface area contributed by atoms with Gasteiger partial charge in [0.15, 0.2) is 0 Å². The maximum absolute atomic E-state index is 11.1. The first-order chi connectivity index (χ1) is 9.66. The number of ether oxygens (including phenoxy) is 1. The summed E-state index contributed by atoms with van der Waals surface area (Å²) in [5, 5.41) is 14.6. The summed E-state index contributed by atoms with van der Waals surface area (Å²) in [4.78, 5) is 10.8. The summed E-state index contributed by atoms with van der Waals surface area (Å²) in [6.07, 6.45) is 3.79. The molecule has 20 heavy (non-hydrogen) atoms. The van der Waals surface area contributed by atoms with Crippen molar-refractivity contribution in [1.29, 1.82) is 0 Å². The fourth-order valence-corrected chi connectivity index (χ4v) is 3.11. The molecule has 1 aromatic carbocycles. The highest BCUT2D eigenvalue weighted by Crippen LogP contribution is 2.39. The van der Waals surface area contributed by atoms with Crippen molar-refractivity contribution >= 4 is 5.69 Å². The second-order valence-corrected chi connectivity index (χ2v) is 5.77. The third-order valence-electron chi connectivity index (χ3n) is 4.29. The molecular weight excluding hydrogens is 256 g/mol. The molecule has 1 aromatic rings. The first-order valence-electron chi connectivity index (χ1n) is 7.28. The first kappa shape index (κ1) is 13.5. The van der Waals surface area contributed by atoms with E-state index in [1.165, 1.54) is 12.8 Å². The van der Waals surface area contributed by atoms with Gasteiger partial charge in [0.25, 0.3) is 5.69 Å². The lowest BCUT2D eigenvalue weighted by Crippen LogP contribution is -2.39. The quantitative estimate of drug-likeness (QED) is 0.663. The summed E-state index contributed by atoms with van der Waals surface area (Å²) in [5.74, 6) is 0.688. The van der Waals surface area contributed by atoms with E-state index in [-0.39, 0.29) is 16.7 Å². The number of para-hydroxylation sites is 1. The highest BCUT2D eigenvalue weighted by molar-refractivity contribution is 5.41. The second-order valence-electron chi connectivity index (χ2n) is 5.77. The van der Waals surface area contributed by atoms with E-state index in [1.807, 2.05) is 19.1 Å². The highest BCUT2D eigenvalue weighted by atomic mass is 16.6. The molecule has 1 N–H and O–H groups in total. The third kappa shape index (κ3) is 2.69. The summed E-state index contributed by atoms with van der Waals surface area (Å²) in [5.41, 5.74) is 0.938. The fourth-order valence-electron chi connectivity index (χ4n) is 3.11. The van der Waals surface area contributed by atoms with Crippen molar-refractivity contribution in [3.05, 3.63) is 39.9 Å². The molecule has 108 valence electrons. The van der Waals surface area contributed by atoms with Crippen molar-refractivity contribution in [2.45, 2.75) is 44.4 Å². The number of hydrogen-bond acceptors (Lipinski definition) is 4. The van der Waals surface area contributed by atoms with E-state index in [0.717, 1.165) is 18.6 Å². The van der Waals surface area contributed by atoms with Crippen molar-refractivity contribution in [3.8, 4) is 0 Å². The van der Waals surface area contributed by atoms with Gasteiger partial charge in [-0.1, -0.05) is 18.2 Å². The van der Waals surface area contributed by atoms with E-state index in [9.17, 15) is 10.1 Å². The topological polar surface area (TPSA) is 64.4 Å². The Hall–Kier alpha value is -1.46. The second kappa shape index (κ2) is 5.50. The lowest BCUT2D eigenvalue weighted by Gasteiger charge is -2.24. The summed E-state index contributed by atoms with van der Waals surface area (Å²) in [7, 11) is 0. The molecule has 3 atom stereocenters. The van der Waals surface area contributed by atoms with Crippen LogP contribution in [-0.2, 0) is 4.74 Å². The highest BCUT2D eigenvalue weighted by Gasteiger charge is 2.41. The van der Waals surface area contributed by atoms with Crippen LogP contribution in [0.25, 0.3) is 0 Å². The van der Waals surface area contributed by atoms with E-state index < -0.39 is 0 Å². The molecule has 1 aliphatic heterocycles. The van der Waals surface area contributed by atoms with E-state index in [0.29, 0.717) is 18.1 Å². The number of hydrogen-bond donors (Lipinski definition) is 1. The van der Waals surface area contributed by atoms with Gasteiger partial charge in [-0.3, -0.25) is 10.1 Å². The van der Waals surface area contributed by atoms with Gasteiger partial charge in [0, 0.05) is 30.3 Å². The number of rotatable bonds is 5. The van der Waals surface area contributed by atoms with Crippen LogP contribution in [0.5, 0.6) is 0 Å². The van der Waals surface area contributed by atoms with Crippen LogP contribution in [0, 0.1) is 16.0 Å². The molecule has 0 radical (unpaired) electrons. The number of nitrogens with zero attached hydrogens (tertiary/aromatic N) is 1. The normalized spacial score (nSPS) is 27.4. The lowest BCUT2D eigenvalue weighted by molar-refractivity contribution is -0.385. The average Bonchev–Trinajstić information content (AvgIpc) is 3.19. The van der Waals surface area contributed by atoms with Crippen molar-refractivity contribution in [3.63, 3.8) is 0 Å². The van der Waals surface area contributed by atoms with Gasteiger partial charge in [0.1, 0.15) is 0 Å². The van der Waals surface area contributed by atoms with Crippen molar-refractivity contribution in [2.75, 3.05) is 6.61 Å². The minimum absolute atomic E-state index is 0.0375. The maximum Gasteiger partial charge on any atom is 0.274 e. The molecule has 0 aromatic heterocycles. The SMILES string of the molecule is CC(NC1CCOC1C1CC1)c1ccccc1[N+](=O)[O-]. The number of nitro groups is 1. The minimum atomic E-state index is -0.308. The van der Waals surface area contributed by atoms with Gasteiger partial charge in [-0.25, -0.2) is 0 Å². The molecule has 3 unspecified atom stereocenters. The number of nitro benzene ring substituents is 1. The third-order valence-corrected chi connectivity index (χ3v) is 4.29. The Balaban J connectivity index is 1.72. The van der Waals surface area contributed by atoms with E-state index >= 15 is 0 Å². The Bertz CT molecular complexity index is 502. The smallest absolute Gasteiger partial charge is 0.274 e. The monoisotopic (exact) mass is 276 g/mol. The molecule has 5 heteroatoms. The van der Waals surface area contributed by atoms with Crippen LogP contribution >= 0.6 is 0 Å². The Labute approximate surface area is 118 Å². The lowest BCUT2D eigenvalue weighted by atomic mass is 10.0. The van der Waals surface area contributed by atoms with Crippen LogP contribution in [0.1, 0.15) is 37.8 Å². The Morgan fingerprint density at radius 2 is 2.10 bits per heavy atom. The van der Waals surface area contributed by atoms with Gasteiger partial charge in [-0.2, -0.15) is 0 Å². The molecule has 3 rings (SSSR count). The maximum atomic E-state index is 11.1. The van der Waals surface area contributed by atoms with Crippen LogP contribution in [-0.4, -0.2) is 23.7 Å². The van der Waals surface area contributed by atoms with Crippen molar-refractivity contribution in [2.24, 2.45) is 5.92 Å². The van der Waals surface area contributed by atoms with Crippen LogP contribution in [0.15, 0.2) is 24.3 Å². The van der Waals surface area contributed by atoms with E-state index in [1.54, 1.807) is 12.1 Å². The molecule has 1 saturated carbocycles. The van der Waals surface area contributed by atoms with Crippen LogP contribution < -0.4 is 5.32 Å². The molecule has 0 amide bonds. The van der Waals surface area contributed by atoms with Crippen molar-refractivity contribution in [1.82, 2.24) is 5.32 Å². The summed E-state index contributed by atoms with van der Waals surface area (Å²) in [6.45, 7) is 2.78. The van der Waals surface area contributed by atoms with Gasteiger partial charge in [-0.15, -0.1) is 0 Å². The Morgan fingerprint density at radius 1 is 1.35 bits per heavy atom. The molecule has 1 heterocycles. The fraction of sp³-hybridized carbons (Fsp3) is 0.600. The molecule has 1 aliphatic carbocycles. The zero-order valence-electron chi connectivity index (χ0n) is 11.6. The molecule has 1 saturated heterocycles. The molecular formula is C15H20N2O3. The predicted molar refractivity (Wildman–Crippen MR) is 75.5 cm³/mol. The van der Waals surface area contributed by atoms with E-state index in [2.05, 4.69) is 5.32 Å². The standard InChI is InChI=1S/C15H20N2O3/c1-10(12-4-2-3-5-14(12)17(18)19)16-13-8-9-20-15(13)11-6-7-11/h2-5,10-11,13,15-16H,6-9H2,1H3. The largest absolute Gasteiger partial charge is 0.376 e. The van der Waals surface area contributed by atoms with Crippen LogP contribution in [0.4, 0.5) is 5.69 Å². The van der Waals surface area contributed by atoms with Gasteiger partial charge in [0.05, 0.1) is 11.0 Å². The zero-order chi connectivity index (χ0) is 14.1. The van der Waals surface area contributed by atoms with Crippen molar-refractivity contribution < 1.29 is 9.66 Å². The van der Waals surface area contributed by atoms with Gasteiger partial charge >= 0.3 is 0 Å². The van der Waals surface area contributed by atoms with E-state index in [4.69, 9.17) is 4.74 Å². The Morgan fingerprint density at radius 3 is 2.80 bits per heavy atom. The Kier molecular flexibility index (Phi) is 3.72. The zero-order valence-corrected chi connectivity index (χ0v) is 11.6. The van der Waals surface area contributed by atoms with Crippen LogP contribution in [0.2, 0.25) is 0 Å². The molecule has 5 nitrogen and oxygen atoms in total. The van der Waals surface area contributed by atoms with Crippen LogP contribution in [0.3, 0.4) is 0 Å². The molecule has 2 aliphatic rings. The molecule has 0 bridgehead atoms. The predicted octanol–water partition coefficient (Wildman–Crippen LogP) is 2.81. The van der Waals surface area contributed by atoms with Gasteiger partial charge in [0.2, 0.25) is 0 Å². The molecule has 0 spiro atoms. The summed E-state index contributed by atoms with van der Waals surface area (Å²) >= 11 is 0. The van der Waals surface area contributed by atoms with Gasteiger partial charge in [-0.05, 0) is 32.1 Å². The summed E-state index contributed by atoms with van der Waals surface area (Å²) < 4.78 is 5.81. The number of nitrogens with one attached hydrogen (secondary N) is 1. The average molecular weight is 276 g/mol. The number of benzene rings is 1. The molecule has 2 fully saturated rings. The minimum Gasteiger partial charge on any atom is -0.376 e.